The zero-order chi connectivity index (χ0) is 17.0. The molecule has 128 valence electrons. The van der Waals surface area contributed by atoms with Gasteiger partial charge in [-0.2, -0.15) is 17.0 Å². The van der Waals surface area contributed by atoms with E-state index in [4.69, 9.17) is 0 Å². The van der Waals surface area contributed by atoms with Crippen molar-refractivity contribution in [1.29, 1.82) is 0 Å². The van der Waals surface area contributed by atoms with E-state index in [-0.39, 0.29) is 5.91 Å². The first-order valence-corrected chi connectivity index (χ1v) is 10.0. The molecule has 0 radical (unpaired) electrons. The average molecular weight is 358 g/mol. The summed E-state index contributed by atoms with van der Waals surface area (Å²) in [5.74, 6) is 0.0452. The van der Waals surface area contributed by atoms with E-state index in [1.165, 1.54) is 27.6 Å². The van der Waals surface area contributed by atoms with Crippen LogP contribution in [0.25, 0.3) is 0 Å². The van der Waals surface area contributed by atoms with Crippen LogP contribution in [0.15, 0.2) is 29.2 Å². The molecule has 2 rings (SSSR count). The van der Waals surface area contributed by atoms with Crippen molar-refractivity contribution in [3.05, 3.63) is 29.8 Å². The number of carbonyl (C=O) groups excluding carboxylic acids is 1. The van der Waals surface area contributed by atoms with Crippen LogP contribution in [0.2, 0.25) is 0 Å². The van der Waals surface area contributed by atoms with Crippen LogP contribution in [0.1, 0.15) is 5.56 Å². The Kier molecular flexibility index (Phi) is 6.07. The molecule has 0 bridgehead atoms. The third-order valence-corrected chi connectivity index (χ3v) is 6.58. The molecular formula is C15H23N3O3S2. The van der Waals surface area contributed by atoms with Crippen molar-refractivity contribution < 1.29 is 13.2 Å². The van der Waals surface area contributed by atoms with Crippen LogP contribution >= 0.6 is 11.8 Å². The van der Waals surface area contributed by atoms with Gasteiger partial charge in [-0.05, 0) is 24.0 Å². The fourth-order valence-corrected chi connectivity index (χ4v) is 3.92. The second kappa shape index (κ2) is 7.65. The summed E-state index contributed by atoms with van der Waals surface area (Å²) in [4.78, 5) is 15.3. The lowest BCUT2D eigenvalue weighted by Gasteiger charge is -2.35. The minimum atomic E-state index is -3.39. The number of thioether (sulfide) groups is 1. The summed E-state index contributed by atoms with van der Waals surface area (Å²) in [6.45, 7) is 1.57. The lowest BCUT2D eigenvalue weighted by molar-refractivity contribution is -0.131. The minimum absolute atomic E-state index is 0.0452. The quantitative estimate of drug-likeness (QED) is 0.735. The predicted octanol–water partition coefficient (Wildman–Crippen LogP) is 0.902. The van der Waals surface area contributed by atoms with Gasteiger partial charge < -0.3 is 4.90 Å². The highest BCUT2D eigenvalue weighted by atomic mass is 32.2. The molecule has 1 amide bonds. The first kappa shape index (κ1) is 18.3. The van der Waals surface area contributed by atoms with E-state index in [9.17, 15) is 13.2 Å². The fraction of sp³-hybridized carbons (Fsp3) is 0.533. The zero-order valence-corrected chi connectivity index (χ0v) is 15.4. The van der Waals surface area contributed by atoms with E-state index < -0.39 is 10.2 Å². The van der Waals surface area contributed by atoms with Gasteiger partial charge in [-0.25, -0.2) is 0 Å². The van der Waals surface area contributed by atoms with Gasteiger partial charge in [0.05, 0.1) is 6.42 Å². The monoisotopic (exact) mass is 357 g/mol. The summed E-state index contributed by atoms with van der Waals surface area (Å²) in [6.07, 6.45) is 2.37. The van der Waals surface area contributed by atoms with Crippen molar-refractivity contribution >= 4 is 27.9 Å². The maximum Gasteiger partial charge on any atom is 0.281 e. The summed E-state index contributed by atoms with van der Waals surface area (Å²) in [7, 11) is -0.351. The fourth-order valence-electron chi connectivity index (χ4n) is 2.43. The standard InChI is InChI=1S/C15H23N3O3S2/c1-16(2)23(20,21)18-10-8-17(9-11-18)15(19)12-13-4-6-14(22-3)7-5-13/h4-7H,8-12H2,1-3H3. The Balaban J connectivity index is 1.90. The molecule has 8 heteroatoms. The Morgan fingerprint density at radius 2 is 1.70 bits per heavy atom. The molecule has 1 aromatic rings. The third kappa shape index (κ3) is 4.47. The van der Waals surface area contributed by atoms with E-state index >= 15 is 0 Å². The van der Waals surface area contributed by atoms with Crippen molar-refractivity contribution in [3.8, 4) is 0 Å². The molecule has 1 saturated heterocycles. The number of hydrogen-bond donors (Lipinski definition) is 0. The van der Waals surface area contributed by atoms with Gasteiger partial charge >= 0.3 is 0 Å². The van der Waals surface area contributed by atoms with E-state index in [1.54, 1.807) is 16.7 Å². The molecule has 0 aromatic heterocycles. The Hall–Kier alpha value is -1.09. The Morgan fingerprint density at radius 1 is 1.13 bits per heavy atom. The van der Waals surface area contributed by atoms with Gasteiger partial charge in [-0.15, -0.1) is 11.8 Å². The van der Waals surface area contributed by atoms with Gasteiger partial charge in [-0.1, -0.05) is 12.1 Å². The summed E-state index contributed by atoms with van der Waals surface area (Å²) >= 11 is 1.67. The molecule has 1 aromatic carbocycles. The minimum Gasteiger partial charge on any atom is -0.340 e. The van der Waals surface area contributed by atoms with Crippen LogP contribution in [-0.2, 0) is 21.4 Å². The molecule has 6 nitrogen and oxygen atoms in total. The second-order valence-electron chi connectivity index (χ2n) is 5.59. The highest BCUT2D eigenvalue weighted by molar-refractivity contribution is 7.98. The topological polar surface area (TPSA) is 60.9 Å². The molecule has 23 heavy (non-hydrogen) atoms. The van der Waals surface area contributed by atoms with Gasteiger partial charge in [0, 0.05) is 45.2 Å². The van der Waals surface area contributed by atoms with Gasteiger partial charge in [0.25, 0.3) is 10.2 Å². The Labute approximate surface area is 142 Å². The van der Waals surface area contributed by atoms with Crippen LogP contribution in [-0.4, -0.2) is 74.4 Å². The van der Waals surface area contributed by atoms with E-state index in [1.807, 2.05) is 30.5 Å². The van der Waals surface area contributed by atoms with Crippen molar-refractivity contribution in [2.24, 2.45) is 0 Å². The molecule has 1 aliphatic heterocycles. The molecule has 0 atom stereocenters. The maximum absolute atomic E-state index is 12.4. The largest absolute Gasteiger partial charge is 0.340 e. The smallest absolute Gasteiger partial charge is 0.281 e. The normalized spacial score (nSPS) is 16.8. The number of amides is 1. The van der Waals surface area contributed by atoms with Crippen LogP contribution in [0.3, 0.4) is 0 Å². The van der Waals surface area contributed by atoms with Crippen molar-refractivity contribution in [2.75, 3.05) is 46.5 Å². The van der Waals surface area contributed by atoms with E-state index in [0.29, 0.717) is 32.6 Å². The molecule has 0 saturated carbocycles. The molecular weight excluding hydrogens is 334 g/mol. The Bertz CT molecular complexity index is 636. The number of hydrogen-bond acceptors (Lipinski definition) is 4. The molecule has 0 unspecified atom stereocenters. The number of rotatable bonds is 5. The van der Waals surface area contributed by atoms with Crippen LogP contribution in [0, 0.1) is 0 Å². The number of benzene rings is 1. The molecule has 0 spiro atoms. The third-order valence-electron chi connectivity index (χ3n) is 3.89. The zero-order valence-electron chi connectivity index (χ0n) is 13.7. The lowest BCUT2D eigenvalue weighted by Crippen LogP contribution is -2.53. The summed E-state index contributed by atoms with van der Waals surface area (Å²) < 4.78 is 26.7. The lowest BCUT2D eigenvalue weighted by atomic mass is 10.1. The van der Waals surface area contributed by atoms with Crippen LogP contribution in [0.4, 0.5) is 0 Å². The van der Waals surface area contributed by atoms with Gasteiger partial charge in [0.1, 0.15) is 0 Å². The van der Waals surface area contributed by atoms with Crippen molar-refractivity contribution in [3.63, 3.8) is 0 Å². The molecule has 0 aliphatic carbocycles. The molecule has 1 fully saturated rings. The van der Waals surface area contributed by atoms with E-state index in [0.717, 1.165) is 5.56 Å². The summed E-state index contributed by atoms with van der Waals surface area (Å²) in [6, 6.07) is 7.96. The molecule has 1 aliphatic rings. The predicted molar refractivity (Wildman–Crippen MR) is 92.7 cm³/mol. The first-order valence-electron chi connectivity index (χ1n) is 7.43. The van der Waals surface area contributed by atoms with Gasteiger partial charge in [-0.3, -0.25) is 4.79 Å². The van der Waals surface area contributed by atoms with Crippen molar-refractivity contribution in [2.45, 2.75) is 11.3 Å². The number of carbonyl (C=O) groups is 1. The summed E-state index contributed by atoms with van der Waals surface area (Å²) in [5.41, 5.74) is 0.983. The van der Waals surface area contributed by atoms with Crippen LogP contribution in [0.5, 0.6) is 0 Å². The van der Waals surface area contributed by atoms with Crippen LogP contribution < -0.4 is 0 Å². The number of piperazine rings is 1. The van der Waals surface area contributed by atoms with Crippen molar-refractivity contribution in [1.82, 2.24) is 13.5 Å². The first-order chi connectivity index (χ1) is 10.8. The van der Waals surface area contributed by atoms with E-state index in [2.05, 4.69) is 0 Å². The maximum atomic E-state index is 12.4. The SMILES string of the molecule is CSc1ccc(CC(=O)N2CCN(S(=O)(=O)N(C)C)CC2)cc1. The second-order valence-corrected chi connectivity index (χ2v) is 8.62. The van der Waals surface area contributed by atoms with Gasteiger partial charge in [0.15, 0.2) is 0 Å². The van der Waals surface area contributed by atoms with Gasteiger partial charge in [0.2, 0.25) is 5.91 Å². The highest BCUT2D eigenvalue weighted by Gasteiger charge is 2.30. The summed E-state index contributed by atoms with van der Waals surface area (Å²) in [5, 5.41) is 0. The number of nitrogens with zero attached hydrogens (tertiary/aromatic N) is 3. The highest BCUT2D eigenvalue weighted by Crippen LogP contribution is 2.16. The Morgan fingerprint density at radius 3 is 2.17 bits per heavy atom. The molecule has 0 N–H and O–H groups in total. The molecule has 1 heterocycles. The average Bonchev–Trinajstić information content (AvgIpc) is 2.55.